The second kappa shape index (κ2) is 6.39. The van der Waals surface area contributed by atoms with Crippen molar-refractivity contribution in [3.8, 4) is 0 Å². The van der Waals surface area contributed by atoms with Crippen molar-refractivity contribution < 1.29 is 23.5 Å². The first-order valence-corrected chi connectivity index (χ1v) is 6.96. The van der Waals surface area contributed by atoms with E-state index < -0.39 is 35.3 Å². The monoisotopic (exact) mass is 317 g/mol. The maximum atomic E-state index is 13.6. The van der Waals surface area contributed by atoms with E-state index in [0.717, 1.165) is 18.9 Å². The lowest BCUT2D eigenvalue weighted by Crippen LogP contribution is -2.36. The molecular formula is C14H14ClF2NO3. The number of aliphatic carboxylic acids is 1. The Kier molecular flexibility index (Phi) is 4.77. The normalized spacial score (nSPS) is 21.9. The molecule has 0 heterocycles. The average molecular weight is 318 g/mol. The van der Waals surface area contributed by atoms with Crippen LogP contribution >= 0.6 is 11.6 Å². The number of hydrogen-bond acceptors (Lipinski definition) is 2. The first-order valence-electron chi connectivity index (χ1n) is 6.58. The van der Waals surface area contributed by atoms with E-state index in [1.807, 2.05) is 0 Å². The summed E-state index contributed by atoms with van der Waals surface area (Å²) in [4.78, 5) is 23.3. The number of amides is 1. The van der Waals surface area contributed by atoms with Crippen molar-refractivity contribution >= 4 is 29.2 Å². The van der Waals surface area contributed by atoms with Crippen LogP contribution in [0.3, 0.4) is 0 Å². The van der Waals surface area contributed by atoms with Crippen molar-refractivity contribution in [2.45, 2.75) is 25.7 Å². The zero-order valence-electron chi connectivity index (χ0n) is 11.0. The van der Waals surface area contributed by atoms with Gasteiger partial charge >= 0.3 is 5.97 Å². The second-order valence-corrected chi connectivity index (χ2v) is 5.48. The number of carboxylic acid groups (broad SMARTS) is 1. The molecular weight excluding hydrogens is 304 g/mol. The van der Waals surface area contributed by atoms with Gasteiger partial charge < -0.3 is 10.4 Å². The van der Waals surface area contributed by atoms with Crippen molar-refractivity contribution in [1.29, 1.82) is 0 Å². The SMILES string of the molecule is O=C(O)[C@H]1CCCC[C@H]1C(=O)Nc1c(F)cc(F)cc1Cl. The van der Waals surface area contributed by atoms with Gasteiger partial charge in [-0.15, -0.1) is 0 Å². The number of rotatable bonds is 3. The molecule has 2 N–H and O–H groups in total. The van der Waals surface area contributed by atoms with E-state index >= 15 is 0 Å². The molecule has 0 saturated heterocycles. The molecule has 0 bridgehead atoms. The third-order valence-electron chi connectivity index (χ3n) is 3.68. The number of hydrogen-bond donors (Lipinski definition) is 2. The van der Waals surface area contributed by atoms with Crippen LogP contribution in [0.25, 0.3) is 0 Å². The molecule has 0 aliphatic heterocycles. The summed E-state index contributed by atoms with van der Waals surface area (Å²) in [6.07, 6.45) is 2.31. The smallest absolute Gasteiger partial charge is 0.307 e. The molecule has 1 aliphatic carbocycles. The quantitative estimate of drug-likeness (QED) is 0.897. The molecule has 0 aromatic heterocycles. The van der Waals surface area contributed by atoms with Crippen LogP contribution in [0.15, 0.2) is 12.1 Å². The predicted molar refractivity (Wildman–Crippen MR) is 73.1 cm³/mol. The zero-order valence-corrected chi connectivity index (χ0v) is 11.8. The summed E-state index contributed by atoms with van der Waals surface area (Å²) in [7, 11) is 0. The van der Waals surface area contributed by atoms with E-state index in [9.17, 15) is 18.4 Å². The molecule has 7 heteroatoms. The van der Waals surface area contributed by atoms with Crippen molar-refractivity contribution in [2.75, 3.05) is 5.32 Å². The van der Waals surface area contributed by atoms with Crippen LogP contribution in [-0.4, -0.2) is 17.0 Å². The van der Waals surface area contributed by atoms with Crippen LogP contribution < -0.4 is 5.32 Å². The zero-order chi connectivity index (χ0) is 15.6. The van der Waals surface area contributed by atoms with Gasteiger partial charge in [-0.25, -0.2) is 8.78 Å². The number of halogens is 3. The van der Waals surface area contributed by atoms with Crippen LogP contribution in [0.4, 0.5) is 14.5 Å². The molecule has 1 saturated carbocycles. The Morgan fingerprint density at radius 1 is 1.19 bits per heavy atom. The molecule has 1 aromatic carbocycles. The summed E-state index contributed by atoms with van der Waals surface area (Å²) in [5.74, 6) is -5.01. The Hall–Kier alpha value is -1.69. The highest BCUT2D eigenvalue weighted by Crippen LogP contribution is 2.33. The number of anilines is 1. The number of benzene rings is 1. The molecule has 114 valence electrons. The fourth-order valence-electron chi connectivity index (χ4n) is 2.62. The van der Waals surface area contributed by atoms with Crippen LogP contribution in [0.5, 0.6) is 0 Å². The summed E-state index contributed by atoms with van der Waals surface area (Å²) in [5, 5.41) is 11.2. The molecule has 4 nitrogen and oxygen atoms in total. The average Bonchev–Trinajstić information content (AvgIpc) is 2.42. The van der Waals surface area contributed by atoms with E-state index in [0.29, 0.717) is 18.9 Å². The number of carbonyl (C=O) groups is 2. The third kappa shape index (κ3) is 3.50. The maximum absolute atomic E-state index is 13.6. The van der Waals surface area contributed by atoms with Crippen LogP contribution in [0.2, 0.25) is 5.02 Å². The van der Waals surface area contributed by atoms with Gasteiger partial charge in [0.2, 0.25) is 5.91 Å². The summed E-state index contributed by atoms with van der Waals surface area (Å²) < 4.78 is 26.6. The minimum Gasteiger partial charge on any atom is -0.481 e. The van der Waals surface area contributed by atoms with Crippen LogP contribution in [0, 0.1) is 23.5 Å². The Labute approximate surface area is 125 Å². The van der Waals surface area contributed by atoms with Crippen molar-refractivity contribution in [1.82, 2.24) is 0 Å². The highest BCUT2D eigenvalue weighted by Gasteiger charge is 2.36. The molecule has 1 aliphatic rings. The van der Waals surface area contributed by atoms with Crippen molar-refractivity contribution in [3.05, 3.63) is 28.8 Å². The topological polar surface area (TPSA) is 66.4 Å². The van der Waals surface area contributed by atoms with E-state index in [1.54, 1.807) is 0 Å². The van der Waals surface area contributed by atoms with Crippen molar-refractivity contribution in [2.24, 2.45) is 11.8 Å². The van der Waals surface area contributed by atoms with Crippen LogP contribution in [0.1, 0.15) is 25.7 Å². The fourth-order valence-corrected chi connectivity index (χ4v) is 2.86. The maximum Gasteiger partial charge on any atom is 0.307 e. The molecule has 0 spiro atoms. The summed E-state index contributed by atoms with van der Waals surface area (Å²) in [6, 6.07) is 1.49. The minimum atomic E-state index is -1.04. The van der Waals surface area contributed by atoms with Gasteiger partial charge in [0.1, 0.15) is 5.82 Å². The fraction of sp³-hybridized carbons (Fsp3) is 0.429. The molecule has 21 heavy (non-hydrogen) atoms. The minimum absolute atomic E-state index is 0.261. The Bertz CT molecular complexity index is 556. The summed E-state index contributed by atoms with van der Waals surface area (Å²) in [5.41, 5.74) is -0.322. The van der Waals surface area contributed by atoms with Gasteiger partial charge in [0, 0.05) is 6.07 Å². The number of carbonyl (C=O) groups excluding carboxylic acids is 1. The van der Waals surface area contributed by atoms with Crippen molar-refractivity contribution in [3.63, 3.8) is 0 Å². The Morgan fingerprint density at radius 3 is 2.38 bits per heavy atom. The lowest BCUT2D eigenvalue weighted by molar-refractivity contribution is -0.147. The van der Waals surface area contributed by atoms with E-state index in [1.165, 1.54) is 0 Å². The van der Waals surface area contributed by atoms with Gasteiger partial charge in [-0.2, -0.15) is 0 Å². The van der Waals surface area contributed by atoms with E-state index in [4.69, 9.17) is 16.7 Å². The standard InChI is InChI=1S/C14H14ClF2NO3/c15-10-5-7(16)6-11(17)12(10)18-13(19)8-3-1-2-4-9(8)14(20)21/h5-6,8-9H,1-4H2,(H,18,19)(H,20,21)/t8-,9+/m1/s1. The number of nitrogens with one attached hydrogen (secondary N) is 1. The van der Waals surface area contributed by atoms with Crippen LogP contribution in [-0.2, 0) is 9.59 Å². The van der Waals surface area contributed by atoms with Gasteiger partial charge in [0.25, 0.3) is 0 Å². The summed E-state index contributed by atoms with van der Waals surface area (Å²) >= 11 is 5.71. The molecule has 1 amide bonds. The molecule has 1 fully saturated rings. The van der Waals surface area contributed by atoms with E-state index in [-0.39, 0.29) is 10.7 Å². The van der Waals surface area contributed by atoms with Gasteiger partial charge in [0.15, 0.2) is 5.82 Å². The summed E-state index contributed by atoms with van der Waals surface area (Å²) in [6.45, 7) is 0. The largest absolute Gasteiger partial charge is 0.481 e. The van der Waals surface area contributed by atoms with Gasteiger partial charge in [-0.05, 0) is 18.9 Å². The highest BCUT2D eigenvalue weighted by molar-refractivity contribution is 6.33. The second-order valence-electron chi connectivity index (χ2n) is 5.07. The molecule has 0 radical (unpaired) electrons. The Morgan fingerprint density at radius 2 is 1.81 bits per heavy atom. The Balaban J connectivity index is 2.19. The highest BCUT2D eigenvalue weighted by atomic mass is 35.5. The molecule has 2 atom stereocenters. The lowest BCUT2D eigenvalue weighted by atomic mass is 9.78. The molecule has 2 rings (SSSR count). The number of carboxylic acids is 1. The first kappa shape index (κ1) is 15.7. The van der Waals surface area contributed by atoms with Gasteiger partial charge in [0.05, 0.1) is 22.5 Å². The van der Waals surface area contributed by atoms with Gasteiger partial charge in [-0.1, -0.05) is 24.4 Å². The lowest BCUT2D eigenvalue weighted by Gasteiger charge is -2.27. The third-order valence-corrected chi connectivity index (χ3v) is 3.97. The molecule has 0 unspecified atom stereocenters. The predicted octanol–water partition coefficient (Wildman–Crippen LogP) is 3.45. The van der Waals surface area contributed by atoms with E-state index in [2.05, 4.69) is 5.32 Å². The van der Waals surface area contributed by atoms with Gasteiger partial charge in [-0.3, -0.25) is 9.59 Å². The first-order chi connectivity index (χ1) is 9.90. The molecule has 1 aromatic rings.